The number of fused-ring (bicyclic) bond motifs is 1. The highest BCUT2D eigenvalue weighted by Crippen LogP contribution is 2.32. The molecule has 0 spiro atoms. The van der Waals surface area contributed by atoms with E-state index in [1.54, 1.807) is 12.1 Å². The zero-order chi connectivity index (χ0) is 19.6. The number of hydrogen-bond donors (Lipinski definition) is 1. The molecule has 1 fully saturated rings. The van der Waals surface area contributed by atoms with Crippen molar-refractivity contribution in [2.24, 2.45) is 0 Å². The smallest absolute Gasteiger partial charge is 0.153 e. The first-order valence-corrected chi connectivity index (χ1v) is 10.5. The third-order valence-corrected chi connectivity index (χ3v) is 6.17. The van der Waals surface area contributed by atoms with E-state index in [4.69, 9.17) is 0 Å². The number of halogens is 1. The van der Waals surface area contributed by atoms with Crippen molar-refractivity contribution in [3.63, 3.8) is 0 Å². The van der Waals surface area contributed by atoms with Gasteiger partial charge in [0.2, 0.25) is 0 Å². The van der Waals surface area contributed by atoms with Crippen molar-refractivity contribution in [2.45, 2.75) is 44.2 Å². The molecule has 1 aromatic carbocycles. The van der Waals surface area contributed by atoms with Gasteiger partial charge in [0, 0.05) is 42.6 Å². The minimum absolute atomic E-state index is 0.176. The van der Waals surface area contributed by atoms with Gasteiger partial charge in [-0.3, -0.25) is 0 Å². The second-order valence-corrected chi connectivity index (χ2v) is 8.00. The van der Waals surface area contributed by atoms with E-state index in [9.17, 15) is 4.39 Å². The van der Waals surface area contributed by atoms with E-state index < -0.39 is 0 Å². The van der Waals surface area contributed by atoms with E-state index in [-0.39, 0.29) is 5.82 Å². The minimum Gasteiger partial charge on any atom is -0.371 e. The van der Waals surface area contributed by atoms with E-state index in [1.165, 1.54) is 11.3 Å². The fourth-order valence-electron chi connectivity index (χ4n) is 4.65. The predicted molar refractivity (Wildman–Crippen MR) is 112 cm³/mol. The van der Waals surface area contributed by atoms with Gasteiger partial charge in [0.25, 0.3) is 0 Å². The van der Waals surface area contributed by atoms with Gasteiger partial charge in [0.15, 0.2) is 5.82 Å². The summed E-state index contributed by atoms with van der Waals surface area (Å²) in [6.07, 6.45) is 9.39. The molecular formula is C23H26FN5. The van der Waals surface area contributed by atoms with Gasteiger partial charge in [0.05, 0.1) is 11.9 Å². The SMILES string of the molecule is Fc1ccc(N2CCC(NC3CCCc4c3cnn4-c3ccccn3)CC2)cc1. The fraction of sp³-hybridized carbons (Fsp3) is 0.391. The zero-order valence-electron chi connectivity index (χ0n) is 16.5. The van der Waals surface area contributed by atoms with Crippen LogP contribution in [0.4, 0.5) is 10.1 Å². The third-order valence-electron chi connectivity index (χ3n) is 6.17. The van der Waals surface area contributed by atoms with Crippen LogP contribution in [0.1, 0.15) is 43.0 Å². The van der Waals surface area contributed by atoms with Gasteiger partial charge in [-0.05, 0) is 68.5 Å². The van der Waals surface area contributed by atoms with Gasteiger partial charge in [-0.25, -0.2) is 14.1 Å². The molecular weight excluding hydrogens is 365 g/mol. The Hall–Kier alpha value is -2.73. The van der Waals surface area contributed by atoms with Crippen LogP contribution in [0.3, 0.4) is 0 Å². The lowest BCUT2D eigenvalue weighted by Crippen LogP contribution is -2.44. The van der Waals surface area contributed by atoms with Crippen molar-refractivity contribution in [3.8, 4) is 5.82 Å². The lowest BCUT2D eigenvalue weighted by molar-refractivity contribution is 0.345. The van der Waals surface area contributed by atoms with Crippen LogP contribution in [0.5, 0.6) is 0 Å². The summed E-state index contributed by atoms with van der Waals surface area (Å²) in [6.45, 7) is 1.99. The van der Waals surface area contributed by atoms with Crippen molar-refractivity contribution in [2.75, 3.05) is 18.0 Å². The first-order valence-electron chi connectivity index (χ1n) is 10.5. The average Bonchev–Trinajstić information content (AvgIpc) is 3.21. The highest BCUT2D eigenvalue weighted by Gasteiger charge is 2.28. The first-order chi connectivity index (χ1) is 14.3. The molecule has 1 N–H and O–H groups in total. The summed E-state index contributed by atoms with van der Waals surface area (Å²) in [5.41, 5.74) is 3.72. The number of benzene rings is 1. The van der Waals surface area contributed by atoms with Crippen LogP contribution >= 0.6 is 0 Å². The molecule has 150 valence electrons. The predicted octanol–water partition coefficient (Wildman–Crippen LogP) is 4.04. The fourth-order valence-corrected chi connectivity index (χ4v) is 4.65. The molecule has 6 heteroatoms. The monoisotopic (exact) mass is 391 g/mol. The molecule has 1 unspecified atom stereocenters. The molecule has 1 atom stereocenters. The molecule has 3 aromatic rings. The second kappa shape index (κ2) is 7.95. The number of anilines is 1. The normalized spacial score (nSPS) is 19.9. The molecule has 0 radical (unpaired) electrons. The molecule has 2 aliphatic rings. The molecule has 1 saturated heterocycles. The topological polar surface area (TPSA) is 46.0 Å². The van der Waals surface area contributed by atoms with Crippen LogP contribution in [0.25, 0.3) is 5.82 Å². The summed E-state index contributed by atoms with van der Waals surface area (Å²) in [4.78, 5) is 6.81. The number of piperidine rings is 1. The second-order valence-electron chi connectivity index (χ2n) is 8.00. The Morgan fingerprint density at radius 3 is 2.59 bits per heavy atom. The Kier molecular flexibility index (Phi) is 5.02. The minimum atomic E-state index is -0.176. The van der Waals surface area contributed by atoms with E-state index in [0.717, 1.165) is 56.7 Å². The number of aromatic nitrogens is 3. The quantitative estimate of drug-likeness (QED) is 0.729. The average molecular weight is 391 g/mol. The Bertz CT molecular complexity index is 945. The van der Waals surface area contributed by atoms with Gasteiger partial charge >= 0.3 is 0 Å². The molecule has 29 heavy (non-hydrogen) atoms. The van der Waals surface area contributed by atoms with Gasteiger partial charge in [-0.2, -0.15) is 5.10 Å². The summed E-state index contributed by atoms with van der Waals surface area (Å²) in [6, 6.07) is 13.6. The van der Waals surface area contributed by atoms with Crippen LogP contribution in [0.2, 0.25) is 0 Å². The zero-order valence-corrected chi connectivity index (χ0v) is 16.5. The molecule has 1 aliphatic carbocycles. The molecule has 2 aromatic heterocycles. The Labute approximate surface area is 170 Å². The maximum absolute atomic E-state index is 13.2. The first kappa shape index (κ1) is 18.3. The Morgan fingerprint density at radius 2 is 1.83 bits per heavy atom. The molecule has 1 aliphatic heterocycles. The number of hydrogen-bond acceptors (Lipinski definition) is 4. The molecule has 0 amide bonds. The van der Waals surface area contributed by atoms with E-state index in [1.807, 2.05) is 47.4 Å². The molecule has 3 heterocycles. The van der Waals surface area contributed by atoms with Crippen LogP contribution in [-0.4, -0.2) is 33.9 Å². The van der Waals surface area contributed by atoms with Crippen molar-refractivity contribution < 1.29 is 4.39 Å². The standard InChI is InChI=1S/C23H26FN5/c24-17-7-9-19(10-8-17)28-14-11-18(12-15-28)27-21-4-3-5-22-20(21)16-26-29(22)23-6-1-2-13-25-23/h1-2,6-10,13,16,18,21,27H,3-5,11-12,14-15H2. The van der Waals surface area contributed by atoms with Crippen molar-refractivity contribution in [1.82, 2.24) is 20.1 Å². The Balaban J connectivity index is 1.25. The maximum Gasteiger partial charge on any atom is 0.153 e. The maximum atomic E-state index is 13.2. The summed E-state index contributed by atoms with van der Waals surface area (Å²) in [7, 11) is 0. The van der Waals surface area contributed by atoms with E-state index >= 15 is 0 Å². The number of nitrogens with zero attached hydrogens (tertiary/aromatic N) is 4. The van der Waals surface area contributed by atoms with Gasteiger partial charge in [-0.15, -0.1) is 0 Å². The van der Waals surface area contributed by atoms with Crippen molar-refractivity contribution in [3.05, 3.63) is 71.9 Å². The highest BCUT2D eigenvalue weighted by molar-refractivity contribution is 5.46. The summed E-state index contributed by atoms with van der Waals surface area (Å²) in [5.74, 6) is 0.715. The van der Waals surface area contributed by atoms with Gasteiger partial charge in [-0.1, -0.05) is 6.07 Å². The van der Waals surface area contributed by atoms with Gasteiger partial charge in [0.1, 0.15) is 5.82 Å². The van der Waals surface area contributed by atoms with Crippen LogP contribution < -0.4 is 10.2 Å². The van der Waals surface area contributed by atoms with Crippen LogP contribution in [0.15, 0.2) is 54.9 Å². The number of rotatable bonds is 4. The van der Waals surface area contributed by atoms with Crippen LogP contribution in [0, 0.1) is 5.82 Å². The van der Waals surface area contributed by atoms with Crippen molar-refractivity contribution >= 4 is 5.69 Å². The van der Waals surface area contributed by atoms with E-state index in [2.05, 4.69) is 20.3 Å². The largest absolute Gasteiger partial charge is 0.371 e. The summed E-state index contributed by atoms with van der Waals surface area (Å²) < 4.78 is 15.2. The van der Waals surface area contributed by atoms with Crippen molar-refractivity contribution in [1.29, 1.82) is 0 Å². The highest BCUT2D eigenvalue weighted by atomic mass is 19.1. The summed E-state index contributed by atoms with van der Waals surface area (Å²) >= 11 is 0. The third kappa shape index (κ3) is 3.77. The molecule has 0 saturated carbocycles. The summed E-state index contributed by atoms with van der Waals surface area (Å²) in [5, 5.41) is 8.55. The van der Waals surface area contributed by atoms with Crippen LogP contribution in [-0.2, 0) is 6.42 Å². The lowest BCUT2D eigenvalue weighted by Gasteiger charge is -2.36. The van der Waals surface area contributed by atoms with Gasteiger partial charge < -0.3 is 10.2 Å². The molecule has 5 nitrogen and oxygen atoms in total. The molecule has 5 rings (SSSR count). The molecule has 0 bridgehead atoms. The number of nitrogens with one attached hydrogen (secondary N) is 1. The Morgan fingerprint density at radius 1 is 1.00 bits per heavy atom. The number of pyridine rings is 1. The van der Waals surface area contributed by atoms with E-state index in [0.29, 0.717) is 12.1 Å². The lowest BCUT2D eigenvalue weighted by atomic mass is 9.91.